The number of hydrogen-bond acceptors (Lipinski definition) is 5. The topological polar surface area (TPSA) is 58.0 Å². The molecule has 1 fully saturated rings. The monoisotopic (exact) mass is 614 g/mol. The van der Waals surface area contributed by atoms with Crippen LogP contribution in [-0.2, 0) is 0 Å². The molecule has 0 spiro atoms. The Morgan fingerprint density at radius 1 is 0.952 bits per heavy atom. The molecule has 0 radical (unpaired) electrons. The van der Waals surface area contributed by atoms with Crippen LogP contribution in [0.3, 0.4) is 0 Å². The van der Waals surface area contributed by atoms with Gasteiger partial charge in [-0.2, -0.15) is 0 Å². The average Bonchev–Trinajstić information content (AvgIpc) is 2.92. The molecule has 42 heavy (non-hydrogen) atoms. The summed E-state index contributed by atoms with van der Waals surface area (Å²) in [6, 6.07) is 14.3. The quantitative estimate of drug-likeness (QED) is 0.235. The number of nitrogens with zero attached hydrogens (tertiary/aromatic N) is 4. The minimum Gasteiger partial charge on any atom is -0.494 e. The fourth-order valence-electron chi connectivity index (χ4n) is 5.90. The van der Waals surface area contributed by atoms with E-state index in [9.17, 15) is 9.59 Å². The average molecular weight is 616 g/mol. The number of piperazine rings is 1. The maximum absolute atomic E-state index is 13.6. The van der Waals surface area contributed by atoms with Crippen LogP contribution in [0.5, 0.6) is 5.75 Å². The summed E-state index contributed by atoms with van der Waals surface area (Å²) < 4.78 is 7.34. The zero-order valence-electron chi connectivity index (χ0n) is 25.8. The second-order valence-electron chi connectivity index (χ2n) is 13.1. The lowest BCUT2D eigenvalue weighted by Crippen LogP contribution is -2.50. The van der Waals surface area contributed by atoms with E-state index < -0.39 is 5.54 Å². The third kappa shape index (κ3) is 7.80. The summed E-state index contributed by atoms with van der Waals surface area (Å²) in [5.41, 5.74) is 0.810. The van der Waals surface area contributed by atoms with Crippen LogP contribution < -0.4 is 15.2 Å². The molecule has 0 atom stereocenters. The lowest BCUT2D eigenvalue weighted by Gasteiger charge is -2.40. The van der Waals surface area contributed by atoms with Crippen molar-refractivity contribution in [1.29, 1.82) is 0 Å². The van der Waals surface area contributed by atoms with Crippen molar-refractivity contribution in [2.45, 2.75) is 59.4 Å². The molecule has 1 aliphatic rings. The minimum atomic E-state index is -0.431. The largest absolute Gasteiger partial charge is 0.494 e. The summed E-state index contributed by atoms with van der Waals surface area (Å²) in [6.07, 6.45) is 2.72. The normalized spacial score (nSPS) is 14.8. The third-order valence-corrected chi connectivity index (χ3v) is 8.81. The smallest absolute Gasteiger partial charge is 0.331 e. The number of rotatable bonds is 9. The molecule has 0 aliphatic carbocycles. The van der Waals surface area contributed by atoms with E-state index >= 15 is 0 Å². The van der Waals surface area contributed by atoms with Gasteiger partial charge in [-0.1, -0.05) is 50.0 Å². The summed E-state index contributed by atoms with van der Waals surface area (Å²) in [5, 5.41) is 2.03. The minimum absolute atomic E-state index is 0.0301. The highest BCUT2D eigenvalue weighted by Gasteiger charge is 2.33. The van der Waals surface area contributed by atoms with Gasteiger partial charge < -0.3 is 14.5 Å². The van der Waals surface area contributed by atoms with Crippen LogP contribution in [0.25, 0.3) is 10.9 Å². The molecule has 0 saturated carbocycles. The van der Waals surface area contributed by atoms with E-state index in [2.05, 4.69) is 30.6 Å². The van der Waals surface area contributed by atoms with Crippen LogP contribution in [0.15, 0.2) is 53.3 Å². The van der Waals surface area contributed by atoms with E-state index in [1.165, 1.54) is 10.6 Å². The maximum Gasteiger partial charge on any atom is 0.331 e. The second-order valence-corrected chi connectivity index (χ2v) is 13.9. The zero-order valence-corrected chi connectivity index (χ0v) is 27.3. The van der Waals surface area contributed by atoms with Crippen molar-refractivity contribution in [2.24, 2.45) is 5.41 Å². The van der Waals surface area contributed by atoms with Crippen LogP contribution in [-0.4, -0.2) is 72.3 Å². The highest BCUT2D eigenvalue weighted by molar-refractivity contribution is 6.43. The van der Waals surface area contributed by atoms with E-state index in [0.717, 1.165) is 63.1 Å². The summed E-state index contributed by atoms with van der Waals surface area (Å²) in [5.74, 6) is 0.651. The number of aromatic nitrogens is 1. The molecular weight excluding hydrogens is 571 g/mol. The number of fused-ring (bicyclic) bond motifs is 1. The molecule has 1 aromatic heterocycles. The Labute approximate surface area is 259 Å². The highest BCUT2D eigenvalue weighted by atomic mass is 35.5. The van der Waals surface area contributed by atoms with Gasteiger partial charge in [-0.15, -0.1) is 0 Å². The zero-order chi connectivity index (χ0) is 30.7. The molecule has 0 N–H and O–H groups in total. The van der Waals surface area contributed by atoms with Gasteiger partial charge in [-0.3, -0.25) is 9.69 Å². The molecule has 3 aromatic rings. The fourth-order valence-corrected chi connectivity index (χ4v) is 6.32. The predicted molar refractivity (Wildman–Crippen MR) is 175 cm³/mol. The predicted octanol–water partition coefficient (Wildman–Crippen LogP) is 7.40. The van der Waals surface area contributed by atoms with Crippen LogP contribution in [0.2, 0.25) is 10.0 Å². The number of anilines is 1. The highest BCUT2D eigenvalue weighted by Crippen LogP contribution is 2.33. The van der Waals surface area contributed by atoms with Crippen molar-refractivity contribution in [3.05, 3.63) is 68.9 Å². The van der Waals surface area contributed by atoms with E-state index in [4.69, 9.17) is 27.9 Å². The van der Waals surface area contributed by atoms with Gasteiger partial charge in [0.15, 0.2) is 0 Å². The van der Waals surface area contributed by atoms with Gasteiger partial charge in [0.05, 0.1) is 27.9 Å². The number of ether oxygens (including phenoxy) is 1. The van der Waals surface area contributed by atoms with Crippen LogP contribution >= 0.6 is 23.2 Å². The Bertz CT molecular complexity index is 1460. The van der Waals surface area contributed by atoms with Crippen molar-refractivity contribution in [2.75, 3.05) is 51.3 Å². The van der Waals surface area contributed by atoms with Crippen molar-refractivity contribution < 1.29 is 9.53 Å². The molecule has 1 aliphatic heterocycles. The van der Waals surface area contributed by atoms with E-state index in [1.54, 1.807) is 24.1 Å². The fraction of sp³-hybridized carbons (Fsp3) is 0.515. The standard InChI is InChI=1S/C33H44Cl2N4O3/c1-32(2,3)23-33(4,5)36(6)31(41)39-28-22-25(14-12-24(28)13-15-29(39)40)42-21-8-7-16-37-17-19-38(20-18-37)27-11-9-10-26(34)30(27)35/h9-15,22H,7-8,16-21,23H2,1-6H3. The van der Waals surface area contributed by atoms with Crippen molar-refractivity contribution in [3.63, 3.8) is 0 Å². The summed E-state index contributed by atoms with van der Waals surface area (Å²) in [6.45, 7) is 15.9. The first kappa shape index (κ1) is 32.2. The molecule has 228 valence electrons. The van der Waals surface area contributed by atoms with Gasteiger partial charge in [-0.25, -0.2) is 9.36 Å². The van der Waals surface area contributed by atoms with Crippen molar-refractivity contribution >= 4 is 45.8 Å². The third-order valence-electron chi connectivity index (χ3n) is 8.00. The summed E-state index contributed by atoms with van der Waals surface area (Å²) >= 11 is 12.6. The second kappa shape index (κ2) is 13.3. The lowest BCUT2D eigenvalue weighted by molar-refractivity contribution is 0.121. The first-order chi connectivity index (χ1) is 19.8. The molecule has 1 amide bonds. The van der Waals surface area contributed by atoms with Crippen LogP contribution in [0.4, 0.5) is 10.5 Å². The maximum atomic E-state index is 13.6. The molecule has 9 heteroatoms. The number of pyridine rings is 1. The Morgan fingerprint density at radius 3 is 2.33 bits per heavy atom. The molecule has 0 bridgehead atoms. The number of carbonyl (C=O) groups is 1. The van der Waals surface area contributed by atoms with Crippen molar-refractivity contribution in [3.8, 4) is 5.75 Å². The van der Waals surface area contributed by atoms with Gasteiger partial charge in [-0.05, 0) is 80.8 Å². The van der Waals surface area contributed by atoms with Gasteiger partial charge in [0, 0.05) is 50.9 Å². The van der Waals surface area contributed by atoms with Crippen LogP contribution in [0, 0.1) is 5.41 Å². The molecule has 4 rings (SSSR count). The number of amides is 1. The number of halogens is 2. The van der Waals surface area contributed by atoms with Gasteiger partial charge in [0.25, 0.3) is 5.56 Å². The van der Waals surface area contributed by atoms with Gasteiger partial charge in [0.1, 0.15) is 5.75 Å². The Hall–Kier alpha value is -2.74. The van der Waals surface area contributed by atoms with Crippen LogP contribution in [0.1, 0.15) is 53.9 Å². The van der Waals surface area contributed by atoms with Crippen molar-refractivity contribution in [1.82, 2.24) is 14.4 Å². The molecule has 2 aromatic carbocycles. The number of hydrogen-bond donors (Lipinski definition) is 0. The number of unbranched alkanes of at least 4 members (excludes halogenated alkanes) is 1. The lowest BCUT2D eigenvalue weighted by atomic mass is 9.81. The first-order valence-corrected chi connectivity index (χ1v) is 15.5. The molecular formula is C33H44Cl2N4O3. The Balaban J connectivity index is 1.32. The molecule has 0 unspecified atom stereocenters. The first-order valence-electron chi connectivity index (χ1n) is 14.7. The van der Waals surface area contributed by atoms with Gasteiger partial charge >= 0.3 is 6.03 Å². The van der Waals surface area contributed by atoms with E-state index in [-0.39, 0.29) is 17.0 Å². The SMILES string of the molecule is CN(C(=O)n1c(=O)ccc2ccc(OCCCCN3CCN(c4cccc(Cl)c4Cl)CC3)cc21)C(C)(C)CC(C)(C)C. The molecule has 2 heterocycles. The Kier molecular flexibility index (Phi) is 10.2. The summed E-state index contributed by atoms with van der Waals surface area (Å²) in [4.78, 5) is 33.0. The number of benzene rings is 2. The molecule has 7 nitrogen and oxygen atoms in total. The summed E-state index contributed by atoms with van der Waals surface area (Å²) in [7, 11) is 1.77. The number of carbonyl (C=O) groups excluding carboxylic acids is 1. The van der Waals surface area contributed by atoms with E-state index in [0.29, 0.717) is 27.9 Å². The van der Waals surface area contributed by atoms with E-state index in [1.807, 2.05) is 44.2 Å². The molecule has 1 saturated heterocycles. The Morgan fingerprint density at radius 2 is 1.64 bits per heavy atom. The van der Waals surface area contributed by atoms with Gasteiger partial charge in [0.2, 0.25) is 0 Å².